The number of carbonyl (C=O) groups excluding carboxylic acids is 2. The Balaban J connectivity index is 1.45. The minimum Gasteiger partial charge on any atom is -0.495 e. The molecule has 0 aromatic heterocycles. The minimum absolute atomic E-state index is 0.0446. The summed E-state index contributed by atoms with van der Waals surface area (Å²) < 4.78 is 5.27. The van der Waals surface area contributed by atoms with Crippen LogP contribution in [0.2, 0.25) is 0 Å². The Morgan fingerprint density at radius 2 is 1.70 bits per heavy atom. The van der Waals surface area contributed by atoms with Gasteiger partial charge < -0.3 is 15.0 Å². The first kappa shape index (κ1) is 19.7. The van der Waals surface area contributed by atoms with Crippen LogP contribution in [0.4, 0.5) is 5.69 Å². The maximum atomic E-state index is 12.8. The molecule has 1 aromatic rings. The smallest absolute Gasteiger partial charge is 0.238 e. The van der Waals surface area contributed by atoms with Crippen molar-refractivity contribution in [2.75, 3.05) is 45.2 Å². The summed E-state index contributed by atoms with van der Waals surface area (Å²) in [4.78, 5) is 29.3. The van der Waals surface area contributed by atoms with Crippen LogP contribution in [0, 0.1) is 5.92 Å². The summed E-state index contributed by atoms with van der Waals surface area (Å²) in [7, 11) is 1.59. The van der Waals surface area contributed by atoms with Crippen molar-refractivity contribution in [1.29, 1.82) is 0 Å². The Morgan fingerprint density at radius 1 is 1.04 bits per heavy atom. The molecular formula is C21H31N3O3. The number of ether oxygens (including phenoxy) is 1. The number of hydrogen-bond donors (Lipinski definition) is 1. The van der Waals surface area contributed by atoms with E-state index in [4.69, 9.17) is 4.74 Å². The summed E-state index contributed by atoms with van der Waals surface area (Å²) >= 11 is 0. The molecule has 2 amide bonds. The van der Waals surface area contributed by atoms with Gasteiger partial charge in [-0.1, -0.05) is 25.0 Å². The van der Waals surface area contributed by atoms with Gasteiger partial charge >= 0.3 is 0 Å². The largest absolute Gasteiger partial charge is 0.495 e. The quantitative estimate of drug-likeness (QED) is 0.862. The molecule has 0 atom stereocenters. The number of rotatable bonds is 5. The Kier molecular flexibility index (Phi) is 7.10. The summed E-state index contributed by atoms with van der Waals surface area (Å²) in [5.74, 6) is 1.07. The lowest BCUT2D eigenvalue weighted by Crippen LogP contribution is -2.44. The highest BCUT2D eigenvalue weighted by Crippen LogP contribution is 2.24. The van der Waals surface area contributed by atoms with Gasteiger partial charge in [-0.25, -0.2) is 0 Å². The summed E-state index contributed by atoms with van der Waals surface area (Å²) in [6.45, 7) is 3.77. The topological polar surface area (TPSA) is 61.9 Å². The van der Waals surface area contributed by atoms with Crippen LogP contribution in [-0.4, -0.2) is 61.4 Å². The first-order valence-electron chi connectivity index (χ1n) is 10.1. The molecule has 2 aliphatic heterocycles. The molecule has 2 aliphatic rings. The molecule has 0 spiro atoms. The van der Waals surface area contributed by atoms with Crippen molar-refractivity contribution in [3.05, 3.63) is 24.3 Å². The van der Waals surface area contributed by atoms with Gasteiger partial charge in [0.1, 0.15) is 5.75 Å². The fourth-order valence-electron chi connectivity index (χ4n) is 4.03. The molecule has 0 aliphatic carbocycles. The van der Waals surface area contributed by atoms with Crippen molar-refractivity contribution in [3.8, 4) is 5.75 Å². The van der Waals surface area contributed by atoms with Crippen molar-refractivity contribution in [3.63, 3.8) is 0 Å². The van der Waals surface area contributed by atoms with E-state index in [-0.39, 0.29) is 11.8 Å². The van der Waals surface area contributed by atoms with Crippen molar-refractivity contribution >= 4 is 17.5 Å². The van der Waals surface area contributed by atoms with Gasteiger partial charge in [-0.2, -0.15) is 0 Å². The number of benzene rings is 1. The fourth-order valence-corrected chi connectivity index (χ4v) is 4.03. The predicted molar refractivity (Wildman–Crippen MR) is 106 cm³/mol. The molecule has 1 N–H and O–H groups in total. The molecule has 2 heterocycles. The lowest BCUT2D eigenvalue weighted by Gasteiger charge is -2.33. The lowest BCUT2D eigenvalue weighted by molar-refractivity contribution is -0.137. The van der Waals surface area contributed by atoms with Crippen LogP contribution in [0.25, 0.3) is 0 Å². The van der Waals surface area contributed by atoms with Crippen molar-refractivity contribution in [2.45, 2.75) is 38.5 Å². The highest BCUT2D eigenvalue weighted by atomic mass is 16.5. The molecule has 2 saturated heterocycles. The third-order valence-corrected chi connectivity index (χ3v) is 5.60. The van der Waals surface area contributed by atoms with E-state index in [1.807, 2.05) is 24.3 Å². The van der Waals surface area contributed by atoms with E-state index >= 15 is 0 Å². The predicted octanol–water partition coefficient (Wildman–Crippen LogP) is 2.75. The molecule has 6 heteroatoms. The van der Waals surface area contributed by atoms with Gasteiger partial charge in [0.2, 0.25) is 11.8 Å². The van der Waals surface area contributed by atoms with E-state index in [2.05, 4.69) is 15.1 Å². The van der Waals surface area contributed by atoms with Gasteiger partial charge in [0.05, 0.1) is 19.3 Å². The summed E-state index contributed by atoms with van der Waals surface area (Å²) in [5, 5.41) is 2.92. The third-order valence-electron chi connectivity index (χ3n) is 5.60. The van der Waals surface area contributed by atoms with Crippen LogP contribution < -0.4 is 10.1 Å². The molecule has 148 valence electrons. The van der Waals surface area contributed by atoms with Gasteiger partial charge in [0.25, 0.3) is 0 Å². The highest BCUT2D eigenvalue weighted by molar-refractivity contribution is 5.93. The van der Waals surface area contributed by atoms with Crippen LogP contribution in [0.1, 0.15) is 38.5 Å². The number of nitrogens with one attached hydrogen (secondary N) is 1. The molecule has 6 nitrogen and oxygen atoms in total. The maximum absolute atomic E-state index is 12.8. The van der Waals surface area contributed by atoms with Crippen molar-refractivity contribution < 1.29 is 14.3 Å². The van der Waals surface area contributed by atoms with Gasteiger partial charge in [-0.15, -0.1) is 0 Å². The number of anilines is 1. The first-order valence-corrected chi connectivity index (χ1v) is 10.1. The Morgan fingerprint density at radius 3 is 2.37 bits per heavy atom. The Labute approximate surface area is 161 Å². The number of methoxy groups -OCH3 is 1. The van der Waals surface area contributed by atoms with Crippen LogP contribution in [0.3, 0.4) is 0 Å². The van der Waals surface area contributed by atoms with E-state index in [1.54, 1.807) is 7.11 Å². The molecule has 1 aromatic carbocycles. The van der Waals surface area contributed by atoms with Crippen LogP contribution >= 0.6 is 0 Å². The van der Waals surface area contributed by atoms with Crippen LogP contribution in [0.5, 0.6) is 5.75 Å². The zero-order chi connectivity index (χ0) is 19.1. The second-order valence-corrected chi connectivity index (χ2v) is 7.54. The highest BCUT2D eigenvalue weighted by Gasteiger charge is 2.29. The Bertz CT molecular complexity index is 633. The fraction of sp³-hybridized carbons (Fsp3) is 0.619. The number of para-hydroxylation sites is 2. The number of likely N-dealkylation sites (tertiary alicyclic amines) is 2. The lowest BCUT2D eigenvalue weighted by atomic mass is 9.95. The number of amides is 2. The molecule has 2 fully saturated rings. The van der Waals surface area contributed by atoms with Gasteiger partial charge in [-0.3, -0.25) is 14.5 Å². The number of nitrogens with zero attached hydrogens (tertiary/aromatic N) is 2. The SMILES string of the molecule is COc1ccccc1NC(=O)CN1CCC(C(=O)N2CCCCCC2)CC1. The van der Waals surface area contributed by atoms with E-state index in [1.165, 1.54) is 12.8 Å². The van der Waals surface area contributed by atoms with Crippen LogP contribution in [0.15, 0.2) is 24.3 Å². The average molecular weight is 373 g/mol. The molecule has 3 rings (SSSR count). The van der Waals surface area contributed by atoms with Gasteiger partial charge in [0, 0.05) is 19.0 Å². The minimum atomic E-state index is -0.0446. The van der Waals surface area contributed by atoms with E-state index in [9.17, 15) is 9.59 Å². The van der Waals surface area contributed by atoms with Crippen LogP contribution in [-0.2, 0) is 9.59 Å². The van der Waals surface area contributed by atoms with E-state index < -0.39 is 0 Å². The first-order chi connectivity index (χ1) is 13.2. The van der Waals surface area contributed by atoms with E-state index in [0.717, 1.165) is 51.9 Å². The second kappa shape index (κ2) is 9.74. The van der Waals surface area contributed by atoms with Gasteiger partial charge in [0.15, 0.2) is 0 Å². The third kappa shape index (κ3) is 5.45. The van der Waals surface area contributed by atoms with Gasteiger partial charge in [-0.05, 0) is 50.9 Å². The number of piperidine rings is 1. The number of carbonyl (C=O) groups is 2. The summed E-state index contributed by atoms with van der Waals surface area (Å²) in [5.41, 5.74) is 0.691. The summed E-state index contributed by atoms with van der Waals surface area (Å²) in [6.07, 6.45) is 6.43. The van der Waals surface area contributed by atoms with Crippen molar-refractivity contribution in [1.82, 2.24) is 9.80 Å². The van der Waals surface area contributed by atoms with E-state index in [0.29, 0.717) is 23.9 Å². The average Bonchev–Trinajstić information content (AvgIpc) is 2.98. The standard InChI is InChI=1S/C21H31N3O3/c1-27-19-9-5-4-8-18(19)22-20(25)16-23-14-10-17(11-15-23)21(26)24-12-6-2-3-7-13-24/h4-5,8-9,17H,2-3,6-7,10-16H2,1H3,(H,22,25). The molecule has 0 radical (unpaired) electrons. The van der Waals surface area contributed by atoms with Crippen molar-refractivity contribution in [2.24, 2.45) is 5.92 Å². The molecule has 0 unspecified atom stereocenters. The number of hydrogen-bond acceptors (Lipinski definition) is 4. The molecular weight excluding hydrogens is 342 g/mol. The molecule has 0 bridgehead atoms. The molecule has 0 saturated carbocycles. The zero-order valence-corrected chi connectivity index (χ0v) is 16.3. The summed E-state index contributed by atoms with van der Waals surface area (Å²) in [6, 6.07) is 7.41. The maximum Gasteiger partial charge on any atom is 0.238 e. The zero-order valence-electron chi connectivity index (χ0n) is 16.3. The molecule has 27 heavy (non-hydrogen) atoms. The second-order valence-electron chi connectivity index (χ2n) is 7.54. The Hall–Kier alpha value is -2.08. The monoisotopic (exact) mass is 373 g/mol. The normalized spacial score (nSPS) is 19.4.